The average molecular weight is 917 g/mol. The molecule has 6 N–H and O–H groups in total. The summed E-state index contributed by atoms with van der Waals surface area (Å²) in [6.07, 6.45) is 18.9. The third-order valence-electron chi connectivity index (χ3n) is 12.8. The van der Waals surface area contributed by atoms with Crippen molar-refractivity contribution in [2.24, 2.45) is 0 Å². The lowest BCUT2D eigenvalue weighted by Gasteiger charge is -2.11. The van der Waals surface area contributed by atoms with Crippen molar-refractivity contribution < 1.29 is 39.0 Å². The molecule has 0 saturated carbocycles. The van der Waals surface area contributed by atoms with E-state index in [1.807, 2.05) is 36.4 Å². The van der Waals surface area contributed by atoms with Crippen LogP contribution >= 0.6 is 0 Å². The number of carboxylic acid groups (broad SMARTS) is 2. The Kier molecular flexibility index (Phi) is 16.5. The lowest BCUT2D eigenvalue weighted by molar-refractivity contribution is -0.138. The third-order valence-corrected chi connectivity index (χ3v) is 12.8. The van der Waals surface area contributed by atoms with Crippen LogP contribution in [0.4, 0.5) is 11.4 Å². The third kappa shape index (κ3) is 11.8. The second-order valence-electron chi connectivity index (χ2n) is 17.9. The van der Waals surface area contributed by atoms with Gasteiger partial charge < -0.3 is 30.8 Å². The van der Waals surface area contributed by atoms with E-state index in [2.05, 4.69) is 58.1 Å². The Morgan fingerprint density at radius 2 is 1.01 bits per heavy atom. The second-order valence-corrected chi connectivity index (χ2v) is 17.9. The fraction of sp³-hybridized carbons (Fsp3) is 0.393. The summed E-state index contributed by atoms with van der Waals surface area (Å²) < 4.78 is 0. The van der Waals surface area contributed by atoms with Crippen molar-refractivity contribution in [3.05, 3.63) is 104 Å². The number of rotatable bonds is 16. The van der Waals surface area contributed by atoms with E-state index in [0.717, 1.165) is 96.4 Å². The molecule has 0 spiro atoms. The van der Waals surface area contributed by atoms with Gasteiger partial charge in [0.25, 0.3) is 11.8 Å². The van der Waals surface area contributed by atoms with Gasteiger partial charge in [0.05, 0.1) is 11.1 Å². The van der Waals surface area contributed by atoms with Gasteiger partial charge in [-0.15, -0.1) is 0 Å². The molecule has 68 heavy (non-hydrogen) atoms. The van der Waals surface area contributed by atoms with Crippen molar-refractivity contribution in [1.29, 1.82) is 0 Å². The zero-order chi connectivity index (χ0) is 48.2. The van der Waals surface area contributed by atoms with Gasteiger partial charge in [0.1, 0.15) is 0 Å². The number of aliphatic carboxylic acids is 2. The van der Waals surface area contributed by atoms with E-state index in [0.29, 0.717) is 57.6 Å². The zero-order valence-corrected chi connectivity index (χ0v) is 39.1. The Hall–Kier alpha value is -7.18. The van der Waals surface area contributed by atoms with Gasteiger partial charge in [-0.05, 0) is 111 Å². The number of carbonyl (C=O) groups is 6. The van der Waals surface area contributed by atoms with E-state index in [-0.39, 0.29) is 49.1 Å². The van der Waals surface area contributed by atoms with Gasteiger partial charge in [-0.3, -0.25) is 28.8 Å². The SMILES string of the molecule is CCCCCCC#Cc1ccc2c(c1)C(=Cc1[nH]c3c(c1CCC(=O)O)C(=O)CCC3)C(=O)N2.CCCCCCC#Cc1ccc2c(c1)C(=Cc1[nH]c3c(c1CCC(=O)O)C(=O)CCC3)C(=O)N2. The first kappa shape index (κ1) is 48.7. The molecule has 0 radical (unpaired) electrons. The second kappa shape index (κ2) is 23.0. The maximum Gasteiger partial charge on any atom is 0.303 e. The molecule has 4 aromatic rings. The first-order valence-electron chi connectivity index (χ1n) is 24.3. The quantitative estimate of drug-likeness (QED) is 0.0362. The van der Waals surface area contributed by atoms with Gasteiger partial charge in [-0.1, -0.05) is 76.1 Å². The number of aromatic nitrogens is 2. The monoisotopic (exact) mass is 916 g/mol. The predicted octanol–water partition coefficient (Wildman–Crippen LogP) is 10.7. The summed E-state index contributed by atoms with van der Waals surface area (Å²) in [5, 5.41) is 24.2. The Labute approximate surface area is 397 Å². The van der Waals surface area contributed by atoms with Crippen molar-refractivity contribution in [3.63, 3.8) is 0 Å². The van der Waals surface area contributed by atoms with Crippen LogP contribution in [-0.4, -0.2) is 55.5 Å². The summed E-state index contributed by atoms with van der Waals surface area (Å²) in [6.45, 7) is 4.37. The molecule has 2 aromatic heterocycles. The maximum atomic E-state index is 12.8. The molecule has 2 aromatic carbocycles. The molecule has 4 aliphatic rings. The van der Waals surface area contributed by atoms with E-state index in [1.165, 1.54) is 38.5 Å². The number of benzene rings is 2. The standard InChI is InChI=1S/2C28H30N2O4/c2*1-2-3-4-5-6-7-9-18-12-14-22-20(16-18)21(28(34)30-22)17-24-19(13-15-26(32)33)27-23(29-24)10-8-11-25(27)31/h2*12,14,16-17,29H,2-6,8,10-11,13,15H2,1H3,(H,30,34)(H,32,33). The first-order valence-corrected chi connectivity index (χ1v) is 24.3. The minimum Gasteiger partial charge on any atom is -0.481 e. The number of carbonyl (C=O) groups excluding carboxylic acids is 4. The molecule has 8 rings (SSSR count). The summed E-state index contributed by atoms with van der Waals surface area (Å²) in [5.41, 5.74) is 11.2. The highest BCUT2D eigenvalue weighted by molar-refractivity contribution is 6.35. The molecule has 2 aliphatic heterocycles. The van der Waals surface area contributed by atoms with Crippen molar-refractivity contribution in [1.82, 2.24) is 9.97 Å². The number of anilines is 2. The molecule has 0 fully saturated rings. The van der Waals surface area contributed by atoms with Crippen LogP contribution in [0.25, 0.3) is 23.3 Å². The van der Waals surface area contributed by atoms with Crippen LogP contribution in [0.5, 0.6) is 0 Å². The molecule has 0 saturated heterocycles. The van der Waals surface area contributed by atoms with Gasteiger partial charge in [0, 0.05) is 106 Å². The highest BCUT2D eigenvalue weighted by Gasteiger charge is 2.31. The van der Waals surface area contributed by atoms with Crippen molar-refractivity contribution >= 4 is 70.0 Å². The van der Waals surface area contributed by atoms with Gasteiger partial charge in [0.2, 0.25) is 0 Å². The summed E-state index contributed by atoms with van der Waals surface area (Å²) in [6, 6.07) is 11.4. The first-order chi connectivity index (χ1) is 32.9. The van der Waals surface area contributed by atoms with E-state index < -0.39 is 11.9 Å². The van der Waals surface area contributed by atoms with E-state index in [4.69, 9.17) is 0 Å². The van der Waals surface area contributed by atoms with Gasteiger partial charge >= 0.3 is 11.9 Å². The smallest absolute Gasteiger partial charge is 0.303 e. The fourth-order valence-electron chi connectivity index (χ4n) is 9.33. The number of unbranched alkanes of at least 4 members (excludes halogenated alkanes) is 8. The molecule has 0 unspecified atom stereocenters. The molecule has 2 amide bonds. The Balaban J connectivity index is 0.000000201. The van der Waals surface area contributed by atoms with Crippen LogP contribution < -0.4 is 10.6 Å². The van der Waals surface area contributed by atoms with Gasteiger partial charge in [0.15, 0.2) is 11.6 Å². The topological polar surface area (TPSA) is 199 Å². The lowest BCUT2D eigenvalue weighted by atomic mass is 9.91. The molecule has 12 nitrogen and oxygen atoms in total. The minimum absolute atomic E-state index is 0.0373. The number of nitrogens with one attached hydrogen (secondary N) is 4. The van der Waals surface area contributed by atoms with Crippen LogP contribution in [0.1, 0.15) is 193 Å². The molecule has 12 heteroatoms. The number of Topliss-reactive ketones (excluding diaryl/α,β-unsaturated/α-hetero) is 2. The van der Waals surface area contributed by atoms with Crippen LogP contribution in [0.15, 0.2) is 36.4 Å². The fourth-order valence-corrected chi connectivity index (χ4v) is 9.33. The number of hydrogen-bond donors (Lipinski definition) is 6. The molecule has 2 aliphatic carbocycles. The normalized spacial score (nSPS) is 15.5. The van der Waals surface area contributed by atoms with Crippen molar-refractivity contribution in [2.75, 3.05) is 10.6 Å². The lowest BCUT2D eigenvalue weighted by Crippen LogP contribution is -2.11. The number of aryl methyl sites for hydroxylation is 2. The minimum atomic E-state index is -0.918. The number of ketones is 2. The number of H-pyrrole nitrogens is 2. The van der Waals surface area contributed by atoms with Crippen molar-refractivity contribution in [3.8, 4) is 23.7 Å². The number of aromatic amines is 2. The number of amides is 2. The summed E-state index contributed by atoms with van der Waals surface area (Å²) in [7, 11) is 0. The highest BCUT2D eigenvalue weighted by Crippen LogP contribution is 2.38. The number of carboxylic acids is 2. The van der Waals surface area contributed by atoms with Crippen LogP contribution in [0.3, 0.4) is 0 Å². The van der Waals surface area contributed by atoms with Crippen LogP contribution in [0, 0.1) is 23.7 Å². The predicted molar refractivity (Wildman–Crippen MR) is 265 cm³/mol. The van der Waals surface area contributed by atoms with Crippen LogP contribution in [-0.2, 0) is 44.9 Å². The summed E-state index contributed by atoms with van der Waals surface area (Å²) >= 11 is 0. The Morgan fingerprint density at radius 1 is 0.588 bits per heavy atom. The van der Waals surface area contributed by atoms with Crippen molar-refractivity contribution in [2.45, 2.75) is 142 Å². The Morgan fingerprint density at radius 3 is 1.41 bits per heavy atom. The average Bonchev–Trinajstić information content (AvgIpc) is 4.05. The molecule has 0 bridgehead atoms. The van der Waals surface area contributed by atoms with Gasteiger partial charge in [-0.2, -0.15) is 0 Å². The summed E-state index contributed by atoms with van der Waals surface area (Å²) in [5.74, 6) is 10.7. The maximum absolute atomic E-state index is 12.8. The largest absolute Gasteiger partial charge is 0.481 e. The molecule has 0 atom stereocenters. The zero-order valence-electron chi connectivity index (χ0n) is 39.1. The highest BCUT2D eigenvalue weighted by atomic mass is 16.4. The van der Waals surface area contributed by atoms with Crippen LogP contribution in [0.2, 0.25) is 0 Å². The van der Waals surface area contributed by atoms with E-state index >= 15 is 0 Å². The van der Waals surface area contributed by atoms with Gasteiger partial charge in [-0.25, -0.2) is 0 Å². The number of fused-ring (bicyclic) bond motifs is 4. The number of hydrogen-bond acceptors (Lipinski definition) is 6. The van der Waals surface area contributed by atoms with E-state index in [9.17, 15) is 39.0 Å². The summed E-state index contributed by atoms with van der Waals surface area (Å²) in [4.78, 5) is 79.9. The molecule has 352 valence electrons. The molecular formula is C56H60N4O8. The van der Waals surface area contributed by atoms with E-state index in [1.54, 1.807) is 12.2 Å². The Bertz CT molecular complexity index is 2640. The molecular weight excluding hydrogens is 857 g/mol. The molecule has 4 heterocycles.